The number of anilines is 1. The highest BCUT2D eigenvalue weighted by atomic mass is 35.5. The number of para-hydroxylation sites is 1. The lowest BCUT2D eigenvalue weighted by molar-refractivity contribution is -0.303. The van der Waals surface area contributed by atoms with Gasteiger partial charge in [0.05, 0.1) is 41.0 Å². The van der Waals surface area contributed by atoms with Gasteiger partial charge < -0.3 is 14.2 Å². The minimum absolute atomic E-state index is 0.208. The fraction of sp³-hybridized carbons (Fsp3) is 0.400. The van der Waals surface area contributed by atoms with Gasteiger partial charge >= 0.3 is 6.36 Å². The Balaban J connectivity index is 1.86. The lowest BCUT2D eigenvalue weighted by Crippen LogP contribution is -2.61. The summed E-state index contributed by atoms with van der Waals surface area (Å²) in [7, 11) is -1.94. The predicted octanol–water partition coefficient (Wildman–Crippen LogP) is 9.29. The van der Waals surface area contributed by atoms with E-state index in [1.54, 1.807) is 57.4 Å². The van der Waals surface area contributed by atoms with E-state index < -0.39 is 38.5 Å². The van der Waals surface area contributed by atoms with Crippen LogP contribution >= 0.6 is 11.6 Å². The molecule has 0 radical (unpaired) electrons. The molecule has 12 heteroatoms. The van der Waals surface area contributed by atoms with Crippen LogP contribution in [0.3, 0.4) is 0 Å². The zero-order valence-corrected chi connectivity index (χ0v) is 32.0. The molecule has 2 aliphatic heterocycles. The Morgan fingerprint density at radius 3 is 2.52 bits per heavy atom. The van der Waals surface area contributed by atoms with Crippen molar-refractivity contribution in [3.63, 3.8) is 0 Å². The van der Waals surface area contributed by atoms with E-state index in [1.807, 2.05) is 50.3 Å². The third-order valence-electron chi connectivity index (χ3n) is 9.42. The maximum atomic E-state index is 15.6. The number of hydrogen-bond acceptors (Lipinski definition) is 6. The monoisotopic (exact) mass is 760 g/mol. The molecule has 2 aromatic carbocycles. The van der Waals surface area contributed by atoms with Crippen molar-refractivity contribution in [1.29, 1.82) is 0 Å². The summed E-state index contributed by atoms with van der Waals surface area (Å²) in [5, 5.41) is -0.448. The number of allylic oxidation sites excluding steroid dienone is 5. The number of amides is 1. The van der Waals surface area contributed by atoms with Crippen molar-refractivity contribution in [2.75, 3.05) is 31.2 Å². The number of rotatable bonds is 15. The minimum Gasteiger partial charge on any atom is -0.496 e. The third-order valence-corrected chi connectivity index (χ3v) is 12.0. The van der Waals surface area contributed by atoms with Crippen molar-refractivity contribution in [3.8, 4) is 5.75 Å². The molecule has 0 aliphatic carbocycles. The van der Waals surface area contributed by atoms with E-state index in [-0.39, 0.29) is 6.04 Å². The van der Waals surface area contributed by atoms with Crippen LogP contribution in [0.25, 0.3) is 0 Å². The number of halogens is 4. The number of nitrogens with zero attached hydrogens (tertiary/aromatic N) is 2. The molecule has 2 aromatic rings. The number of carbonyl (C=O) groups is 1. The number of fused-ring (bicyclic) bond motifs is 1. The summed E-state index contributed by atoms with van der Waals surface area (Å²) in [4.78, 5) is 17.7. The summed E-state index contributed by atoms with van der Waals surface area (Å²) in [5.41, 5.74) is 1.48. The van der Waals surface area contributed by atoms with Gasteiger partial charge in [-0.2, -0.15) is 0 Å². The molecule has 1 fully saturated rings. The number of carbonyl (C=O) groups excluding carboxylic acids is 1. The first-order valence-corrected chi connectivity index (χ1v) is 19.4. The van der Waals surface area contributed by atoms with E-state index >= 15 is 9.00 Å². The second kappa shape index (κ2) is 17.4. The first-order chi connectivity index (χ1) is 24.6. The number of likely N-dealkylation sites (tertiary alicyclic amines) is 1. The molecule has 2 aliphatic rings. The van der Waals surface area contributed by atoms with E-state index in [0.29, 0.717) is 59.3 Å². The number of benzene rings is 2. The smallest absolute Gasteiger partial charge is 0.496 e. The van der Waals surface area contributed by atoms with Crippen LogP contribution in [-0.4, -0.2) is 65.4 Å². The van der Waals surface area contributed by atoms with Crippen LogP contribution in [0.2, 0.25) is 5.02 Å². The van der Waals surface area contributed by atoms with Crippen LogP contribution in [0.1, 0.15) is 64.5 Å². The predicted molar refractivity (Wildman–Crippen MR) is 205 cm³/mol. The Morgan fingerprint density at radius 1 is 1.13 bits per heavy atom. The molecule has 4 unspecified atom stereocenters. The van der Waals surface area contributed by atoms with Gasteiger partial charge in [0, 0.05) is 28.7 Å². The number of piperidine rings is 1. The van der Waals surface area contributed by atoms with Gasteiger partial charge in [-0.15, -0.1) is 13.2 Å². The molecule has 0 aromatic heterocycles. The molecular formula is C40H48ClF3N2O5S. The van der Waals surface area contributed by atoms with Crippen molar-refractivity contribution < 1.29 is 36.4 Å². The molecule has 4 atom stereocenters. The fourth-order valence-corrected chi connectivity index (χ4v) is 8.59. The standard InChI is InChI=1S/C40H48ClF3N2O5S/c1-8-15-31(10-3)26-50-27-33-16-13-14-23-45(33)39(34-17-11-12-18-37(34)49-6)35-25-32(41)21-22-36(35)46(38(39)47)52(7,48)29(5)19-20-30(9-2)24-28(4)51-40(42,43)44/h8,10-12,15,17-22,24-25,29,33H,4,7,9,13-14,16,23,26-27H2,1-3,5-6H3/b15-8-,20-19-,30-24-,31-10+. The maximum absolute atomic E-state index is 15.6. The summed E-state index contributed by atoms with van der Waals surface area (Å²) in [6.45, 7) is 11.9. The zero-order valence-electron chi connectivity index (χ0n) is 30.4. The molecule has 0 N–H and O–H groups in total. The molecule has 0 spiro atoms. The van der Waals surface area contributed by atoms with E-state index in [9.17, 15) is 13.2 Å². The first kappa shape index (κ1) is 41.0. The lowest BCUT2D eigenvalue weighted by atomic mass is 9.79. The lowest BCUT2D eigenvalue weighted by Gasteiger charge is -2.47. The summed E-state index contributed by atoms with van der Waals surface area (Å²) in [6, 6.07) is 12.2. The number of alkyl halides is 3. The molecule has 4 rings (SSSR count). The van der Waals surface area contributed by atoms with Gasteiger partial charge in [0.2, 0.25) is 0 Å². The summed E-state index contributed by atoms with van der Waals surface area (Å²) >= 11 is 6.70. The second-order valence-corrected chi connectivity index (χ2v) is 15.7. The second-order valence-electron chi connectivity index (χ2n) is 12.7. The summed E-state index contributed by atoms with van der Waals surface area (Å²) < 4.78 is 70.8. The highest BCUT2D eigenvalue weighted by molar-refractivity contribution is 8.03. The van der Waals surface area contributed by atoms with Gasteiger partial charge in [0.1, 0.15) is 11.5 Å². The van der Waals surface area contributed by atoms with Gasteiger partial charge in [0.15, 0.2) is 5.54 Å². The van der Waals surface area contributed by atoms with Crippen molar-refractivity contribution >= 4 is 38.8 Å². The largest absolute Gasteiger partial charge is 0.573 e. The van der Waals surface area contributed by atoms with Crippen LogP contribution in [0.5, 0.6) is 5.75 Å². The highest BCUT2D eigenvalue weighted by Crippen LogP contribution is 2.54. The van der Waals surface area contributed by atoms with Gasteiger partial charge in [-0.25, -0.2) is 8.51 Å². The molecule has 1 amide bonds. The molecule has 0 saturated carbocycles. The van der Waals surface area contributed by atoms with Crippen LogP contribution < -0.4 is 9.04 Å². The first-order valence-electron chi connectivity index (χ1n) is 17.3. The molecule has 0 bridgehead atoms. The Bertz CT molecular complexity index is 1850. The van der Waals surface area contributed by atoms with Crippen molar-refractivity contribution in [3.05, 3.63) is 119 Å². The van der Waals surface area contributed by atoms with Gasteiger partial charge in [-0.05, 0) is 87.4 Å². The Labute approximate surface area is 311 Å². The van der Waals surface area contributed by atoms with Gasteiger partial charge in [0.25, 0.3) is 5.91 Å². The fourth-order valence-electron chi connectivity index (χ4n) is 6.86. The van der Waals surface area contributed by atoms with Crippen LogP contribution in [0, 0.1) is 0 Å². The van der Waals surface area contributed by atoms with E-state index in [2.05, 4.69) is 22.1 Å². The van der Waals surface area contributed by atoms with Crippen LogP contribution in [0.15, 0.2) is 102 Å². The van der Waals surface area contributed by atoms with Crippen molar-refractivity contribution in [2.45, 2.75) is 76.6 Å². The van der Waals surface area contributed by atoms with Gasteiger partial charge in [-0.1, -0.05) is 80.1 Å². The number of methoxy groups -OCH3 is 1. The van der Waals surface area contributed by atoms with E-state index in [1.165, 1.54) is 10.4 Å². The molecule has 7 nitrogen and oxygen atoms in total. The third kappa shape index (κ3) is 8.71. The molecule has 52 heavy (non-hydrogen) atoms. The molecular weight excluding hydrogens is 713 g/mol. The summed E-state index contributed by atoms with van der Waals surface area (Å²) in [5.74, 6) is 3.57. The summed E-state index contributed by atoms with van der Waals surface area (Å²) in [6.07, 6.45) is 8.21. The normalized spacial score (nSPS) is 22.1. The molecule has 1 saturated heterocycles. The zero-order chi connectivity index (χ0) is 38.3. The van der Waals surface area contributed by atoms with E-state index in [0.717, 1.165) is 24.8 Å². The maximum Gasteiger partial charge on any atom is 0.573 e. The molecule has 282 valence electrons. The van der Waals surface area contributed by atoms with Crippen LogP contribution in [0.4, 0.5) is 18.9 Å². The number of hydrogen-bond donors (Lipinski definition) is 0. The Kier molecular flexibility index (Phi) is 13.7. The SMILES string of the molecule is C=C(/C=C(\C=C/C(C)S(=C)(=O)N1C(=O)C(c2ccccc2OC)(N2CCCCC2COCC(/C=C\C)=C/C)c2cc(Cl)ccc21)CC)OC(F)(F)F. The highest BCUT2D eigenvalue weighted by Gasteiger charge is 2.60. The molecule has 2 heterocycles. The quantitative estimate of drug-likeness (QED) is 0.102. The topological polar surface area (TPSA) is 68.3 Å². The van der Waals surface area contributed by atoms with E-state index in [4.69, 9.17) is 21.1 Å². The Hall–Kier alpha value is -3.77. The average Bonchev–Trinajstić information content (AvgIpc) is 3.36. The van der Waals surface area contributed by atoms with Crippen molar-refractivity contribution in [2.24, 2.45) is 0 Å². The van der Waals surface area contributed by atoms with Crippen LogP contribution in [-0.2, 0) is 29.5 Å². The average molecular weight is 761 g/mol. The Morgan fingerprint density at radius 2 is 1.87 bits per heavy atom. The van der Waals surface area contributed by atoms with Crippen molar-refractivity contribution in [1.82, 2.24) is 4.90 Å². The minimum atomic E-state index is -4.88. The van der Waals surface area contributed by atoms with Gasteiger partial charge in [-0.3, -0.25) is 9.69 Å². The number of ether oxygens (including phenoxy) is 3.